The van der Waals surface area contributed by atoms with Crippen LogP contribution in [-0.2, 0) is 13.5 Å². The molecular formula is C12H12Cl2N2O. The molecule has 0 aliphatic heterocycles. The second kappa shape index (κ2) is 5.08. The first-order chi connectivity index (χ1) is 8.08. The Hall–Kier alpha value is -1.03. The van der Waals surface area contributed by atoms with E-state index < -0.39 is 6.10 Å². The minimum atomic E-state index is -0.700. The first kappa shape index (κ1) is 12.4. The highest BCUT2D eigenvalue weighted by molar-refractivity contribution is 6.35. The topological polar surface area (TPSA) is 38.0 Å². The standard InChI is InChI=1S/C12H12Cl2N2O/c1-16-6-5-11(15-16)12(17)7-8-9(13)3-2-4-10(8)14/h2-6,12,17H,7H2,1H3. The van der Waals surface area contributed by atoms with E-state index in [-0.39, 0.29) is 0 Å². The highest BCUT2D eigenvalue weighted by Crippen LogP contribution is 2.28. The van der Waals surface area contributed by atoms with Gasteiger partial charge in [-0.1, -0.05) is 29.3 Å². The van der Waals surface area contributed by atoms with E-state index >= 15 is 0 Å². The van der Waals surface area contributed by atoms with Crippen LogP contribution in [0.2, 0.25) is 10.0 Å². The van der Waals surface area contributed by atoms with E-state index in [4.69, 9.17) is 23.2 Å². The van der Waals surface area contributed by atoms with Crippen molar-refractivity contribution in [1.29, 1.82) is 0 Å². The van der Waals surface area contributed by atoms with E-state index in [0.717, 1.165) is 5.56 Å². The van der Waals surface area contributed by atoms with E-state index in [1.165, 1.54) is 0 Å². The predicted molar refractivity (Wildman–Crippen MR) is 68.3 cm³/mol. The van der Waals surface area contributed by atoms with Crippen molar-refractivity contribution in [2.75, 3.05) is 0 Å². The SMILES string of the molecule is Cn1ccc(C(O)Cc2c(Cl)cccc2Cl)n1. The first-order valence-electron chi connectivity index (χ1n) is 5.18. The van der Waals surface area contributed by atoms with E-state index in [0.29, 0.717) is 22.2 Å². The molecule has 2 aromatic rings. The molecule has 90 valence electrons. The minimum absolute atomic E-state index is 0.357. The monoisotopic (exact) mass is 270 g/mol. The molecule has 3 nitrogen and oxygen atoms in total. The van der Waals surface area contributed by atoms with Gasteiger partial charge in [-0.2, -0.15) is 5.10 Å². The Morgan fingerprint density at radius 1 is 1.29 bits per heavy atom. The van der Waals surface area contributed by atoms with Crippen LogP contribution >= 0.6 is 23.2 Å². The molecule has 17 heavy (non-hydrogen) atoms. The average Bonchev–Trinajstić information content (AvgIpc) is 2.70. The highest BCUT2D eigenvalue weighted by atomic mass is 35.5. The average molecular weight is 271 g/mol. The molecular weight excluding hydrogens is 259 g/mol. The molecule has 2 rings (SSSR count). The summed E-state index contributed by atoms with van der Waals surface area (Å²) < 4.78 is 1.65. The second-order valence-electron chi connectivity index (χ2n) is 3.83. The van der Waals surface area contributed by atoms with Crippen LogP contribution in [-0.4, -0.2) is 14.9 Å². The summed E-state index contributed by atoms with van der Waals surface area (Å²) in [5.74, 6) is 0. The normalized spacial score (nSPS) is 12.7. The fraction of sp³-hybridized carbons (Fsp3) is 0.250. The molecule has 0 amide bonds. The van der Waals surface area contributed by atoms with Crippen LogP contribution in [0.15, 0.2) is 30.5 Å². The fourth-order valence-electron chi connectivity index (χ4n) is 1.64. The van der Waals surface area contributed by atoms with Crippen LogP contribution in [0.25, 0.3) is 0 Å². The second-order valence-corrected chi connectivity index (χ2v) is 4.65. The molecule has 1 aromatic heterocycles. The maximum atomic E-state index is 10.0. The zero-order valence-electron chi connectivity index (χ0n) is 9.27. The fourth-order valence-corrected chi connectivity index (χ4v) is 2.19. The van der Waals surface area contributed by atoms with Gasteiger partial charge >= 0.3 is 0 Å². The Kier molecular flexibility index (Phi) is 3.72. The summed E-state index contributed by atoms with van der Waals surface area (Å²) in [5, 5.41) is 15.3. The summed E-state index contributed by atoms with van der Waals surface area (Å²) in [6, 6.07) is 7.07. The number of aliphatic hydroxyl groups excluding tert-OH is 1. The van der Waals surface area contributed by atoms with E-state index in [1.807, 2.05) is 0 Å². The summed E-state index contributed by atoms with van der Waals surface area (Å²) in [6.45, 7) is 0. The Morgan fingerprint density at radius 2 is 1.94 bits per heavy atom. The van der Waals surface area contributed by atoms with Gasteiger partial charge in [0.25, 0.3) is 0 Å². The smallest absolute Gasteiger partial charge is 0.102 e. The molecule has 1 atom stereocenters. The van der Waals surface area contributed by atoms with Gasteiger partial charge in [-0.05, 0) is 23.8 Å². The number of halogens is 2. The lowest BCUT2D eigenvalue weighted by molar-refractivity contribution is 0.173. The maximum absolute atomic E-state index is 10.0. The number of benzene rings is 1. The number of hydrogen-bond donors (Lipinski definition) is 1. The maximum Gasteiger partial charge on any atom is 0.102 e. The van der Waals surface area contributed by atoms with Crippen molar-refractivity contribution in [3.05, 3.63) is 51.8 Å². The number of aromatic nitrogens is 2. The number of rotatable bonds is 3. The molecule has 0 fully saturated rings. The third kappa shape index (κ3) is 2.80. The van der Waals surface area contributed by atoms with Gasteiger partial charge in [0.1, 0.15) is 6.10 Å². The van der Waals surface area contributed by atoms with Crippen molar-refractivity contribution < 1.29 is 5.11 Å². The number of aryl methyl sites for hydroxylation is 1. The molecule has 1 N–H and O–H groups in total. The third-order valence-electron chi connectivity index (χ3n) is 2.53. The van der Waals surface area contributed by atoms with Gasteiger partial charge in [0, 0.05) is 29.7 Å². The lowest BCUT2D eigenvalue weighted by atomic mass is 10.1. The van der Waals surface area contributed by atoms with E-state index in [9.17, 15) is 5.11 Å². The van der Waals surface area contributed by atoms with Gasteiger partial charge in [0.05, 0.1) is 5.69 Å². The van der Waals surface area contributed by atoms with Crippen LogP contribution in [0, 0.1) is 0 Å². The Morgan fingerprint density at radius 3 is 2.47 bits per heavy atom. The Bertz CT molecular complexity index is 505. The molecule has 1 aromatic carbocycles. The number of hydrogen-bond acceptors (Lipinski definition) is 2. The Labute approximate surface area is 110 Å². The third-order valence-corrected chi connectivity index (χ3v) is 3.24. The molecule has 0 aliphatic rings. The summed E-state index contributed by atoms with van der Waals surface area (Å²) in [7, 11) is 1.80. The van der Waals surface area contributed by atoms with Crippen molar-refractivity contribution in [3.8, 4) is 0 Å². The quantitative estimate of drug-likeness (QED) is 0.931. The van der Waals surface area contributed by atoms with Crippen molar-refractivity contribution in [3.63, 3.8) is 0 Å². The van der Waals surface area contributed by atoms with Crippen molar-refractivity contribution >= 4 is 23.2 Å². The summed E-state index contributed by atoms with van der Waals surface area (Å²) in [6.07, 6.45) is 1.44. The molecule has 0 radical (unpaired) electrons. The van der Waals surface area contributed by atoms with Crippen molar-refractivity contribution in [2.24, 2.45) is 7.05 Å². The molecule has 0 aliphatic carbocycles. The largest absolute Gasteiger partial charge is 0.386 e. The lowest BCUT2D eigenvalue weighted by Gasteiger charge is -2.11. The van der Waals surface area contributed by atoms with Crippen molar-refractivity contribution in [1.82, 2.24) is 9.78 Å². The van der Waals surface area contributed by atoms with Crippen molar-refractivity contribution in [2.45, 2.75) is 12.5 Å². The van der Waals surface area contributed by atoms with Gasteiger partial charge < -0.3 is 5.11 Å². The summed E-state index contributed by atoms with van der Waals surface area (Å²) in [5.41, 5.74) is 1.36. The molecule has 5 heteroatoms. The zero-order chi connectivity index (χ0) is 12.4. The zero-order valence-corrected chi connectivity index (χ0v) is 10.8. The van der Waals surface area contributed by atoms with Gasteiger partial charge in [-0.3, -0.25) is 4.68 Å². The summed E-state index contributed by atoms with van der Waals surface area (Å²) >= 11 is 12.1. The first-order valence-corrected chi connectivity index (χ1v) is 5.94. The molecule has 0 saturated heterocycles. The highest BCUT2D eigenvalue weighted by Gasteiger charge is 2.15. The minimum Gasteiger partial charge on any atom is -0.386 e. The molecule has 0 spiro atoms. The predicted octanol–water partition coefficient (Wildman–Crippen LogP) is 3.00. The van der Waals surface area contributed by atoms with Gasteiger partial charge in [0.15, 0.2) is 0 Å². The molecule has 0 saturated carbocycles. The molecule has 1 unspecified atom stereocenters. The summed E-state index contributed by atoms with van der Waals surface area (Å²) in [4.78, 5) is 0. The van der Waals surface area contributed by atoms with Gasteiger partial charge in [-0.15, -0.1) is 0 Å². The van der Waals surface area contributed by atoms with Gasteiger partial charge in [0.2, 0.25) is 0 Å². The van der Waals surface area contributed by atoms with Crippen LogP contribution in [0.4, 0.5) is 0 Å². The Balaban J connectivity index is 2.21. The van der Waals surface area contributed by atoms with Crippen LogP contribution in [0.5, 0.6) is 0 Å². The lowest BCUT2D eigenvalue weighted by Crippen LogP contribution is -2.04. The van der Waals surface area contributed by atoms with Crippen LogP contribution < -0.4 is 0 Å². The van der Waals surface area contributed by atoms with E-state index in [1.54, 1.807) is 42.2 Å². The molecule has 0 bridgehead atoms. The number of aliphatic hydroxyl groups is 1. The van der Waals surface area contributed by atoms with Gasteiger partial charge in [-0.25, -0.2) is 0 Å². The van der Waals surface area contributed by atoms with Crippen LogP contribution in [0.3, 0.4) is 0 Å². The van der Waals surface area contributed by atoms with Crippen LogP contribution in [0.1, 0.15) is 17.4 Å². The number of nitrogens with zero attached hydrogens (tertiary/aromatic N) is 2. The molecule has 1 heterocycles. The van der Waals surface area contributed by atoms with E-state index in [2.05, 4.69) is 5.10 Å².